The van der Waals surface area contributed by atoms with Crippen LogP contribution in [0.25, 0.3) is 0 Å². The van der Waals surface area contributed by atoms with Crippen LogP contribution >= 0.6 is 31.9 Å². The number of ketones is 1. The van der Waals surface area contributed by atoms with Gasteiger partial charge >= 0.3 is 11.9 Å². The summed E-state index contributed by atoms with van der Waals surface area (Å²) in [6.45, 7) is 2.04. The molecule has 1 aliphatic carbocycles. The van der Waals surface area contributed by atoms with E-state index in [0.29, 0.717) is 11.1 Å². The molecule has 3 unspecified atom stereocenters. The van der Waals surface area contributed by atoms with Crippen LogP contribution in [0, 0.1) is 0 Å². The van der Waals surface area contributed by atoms with Crippen LogP contribution in [0.1, 0.15) is 34.6 Å². The van der Waals surface area contributed by atoms with Gasteiger partial charge in [0.15, 0.2) is 12.2 Å². The molecule has 2 aromatic carbocycles. The van der Waals surface area contributed by atoms with E-state index >= 15 is 0 Å². The summed E-state index contributed by atoms with van der Waals surface area (Å²) in [5, 5.41) is 10.7. The van der Waals surface area contributed by atoms with Gasteiger partial charge in [0.2, 0.25) is 0 Å². The SMILES string of the molecule is CC(C)=O.O=C(O[C@H]1C2OC3O[C@@H]1C(O)[C@H](O3)[C@H]2OC(=O)c1ccc(Br)cc1)c1ccc(Br)cc1. The van der Waals surface area contributed by atoms with E-state index in [1.54, 1.807) is 48.5 Å². The highest BCUT2D eigenvalue weighted by atomic mass is 79.9. The number of hydrogen-bond donors (Lipinski definition) is 1. The lowest BCUT2D eigenvalue weighted by Crippen LogP contribution is -2.76. The Morgan fingerprint density at radius 2 is 1.06 bits per heavy atom. The molecule has 3 heterocycles. The summed E-state index contributed by atoms with van der Waals surface area (Å²) in [5.41, 5.74) is 0.650. The third-order valence-corrected chi connectivity index (χ3v) is 6.48. The predicted octanol–water partition coefficient (Wildman–Crippen LogP) is 3.40. The number of carbonyl (C=O) groups is 3. The number of esters is 2. The summed E-state index contributed by atoms with van der Waals surface area (Å²) in [7, 11) is 0. The molecule has 4 fully saturated rings. The van der Waals surface area contributed by atoms with Crippen molar-refractivity contribution in [1.82, 2.24) is 0 Å². The van der Waals surface area contributed by atoms with Gasteiger partial charge in [0.1, 0.15) is 30.2 Å². The quantitative estimate of drug-likeness (QED) is 0.518. The Hall–Kier alpha value is -2.15. The van der Waals surface area contributed by atoms with Crippen molar-refractivity contribution in [2.75, 3.05) is 0 Å². The highest BCUT2D eigenvalue weighted by Gasteiger charge is 2.64. The normalized spacial score (nSPS) is 30.1. The average Bonchev–Trinajstić information content (AvgIpc) is 2.81. The molecule has 11 heteroatoms. The molecule has 3 saturated heterocycles. The van der Waals surface area contributed by atoms with Crippen molar-refractivity contribution >= 4 is 49.6 Å². The van der Waals surface area contributed by atoms with E-state index in [1.165, 1.54) is 13.8 Å². The molecular formula is C24H22Br2O9. The fourth-order valence-corrected chi connectivity index (χ4v) is 4.44. The maximum absolute atomic E-state index is 12.7. The van der Waals surface area contributed by atoms with Crippen LogP contribution < -0.4 is 0 Å². The number of hydrogen-bond acceptors (Lipinski definition) is 9. The number of Topliss-reactive ketones (excluding diaryl/α,β-unsaturated/α-hetero) is 1. The Morgan fingerprint density at radius 3 is 1.43 bits per heavy atom. The van der Waals surface area contributed by atoms with Crippen molar-refractivity contribution in [3.8, 4) is 0 Å². The summed E-state index contributed by atoms with van der Waals surface area (Å²) >= 11 is 6.63. The van der Waals surface area contributed by atoms with Gasteiger partial charge in [-0.15, -0.1) is 0 Å². The number of rotatable bonds is 4. The van der Waals surface area contributed by atoms with Crippen LogP contribution in [0.4, 0.5) is 0 Å². The number of benzene rings is 2. The lowest BCUT2D eigenvalue weighted by Gasteiger charge is -2.56. The van der Waals surface area contributed by atoms with Gasteiger partial charge in [0.25, 0.3) is 6.48 Å². The Bertz CT molecular complexity index is 1010. The maximum Gasteiger partial charge on any atom is 0.338 e. The van der Waals surface area contributed by atoms with Gasteiger partial charge in [-0.2, -0.15) is 0 Å². The molecule has 7 atom stereocenters. The summed E-state index contributed by atoms with van der Waals surface area (Å²) in [6, 6.07) is 13.3. The minimum Gasteiger partial charge on any atom is -0.453 e. The largest absolute Gasteiger partial charge is 0.453 e. The second-order valence-electron chi connectivity index (χ2n) is 8.24. The predicted molar refractivity (Wildman–Crippen MR) is 127 cm³/mol. The zero-order chi connectivity index (χ0) is 25.3. The zero-order valence-electron chi connectivity index (χ0n) is 18.6. The van der Waals surface area contributed by atoms with Crippen molar-refractivity contribution in [2.45, 2.75) is 56.9 Å². The van der Waals surface area contributed by atoms with Gasteiger partial charge in [-0.3, -0.25) is 0 Å². The maximum atomic E-state index is 12.7. The van der Waals surface area contributed by atoms with Gasteiger partial charge in [0.05, 0.1) is 11.1 Å². The first-order chi connectivity index (χ1) is 16.6. The van der Waals surface area contributed by atoms with Crippen LogP contribution in [-0.4, -0.2) is 65.9 Å². The summed E-state index contributed by atoms with van der Waals surface area (Å²) in [6.07, 6.45) is -5.68. The zero-order valence-corrected chi connectivity index (χ0v) is 21.8. The molecule has 4 bridgehead atoms. The van der Waals surface area contributed by atoms with Crippen LogP contribution in [0.3, 0.4) is 0 Å². The first-order valence-electron chi connectivity index (χ1n) is 10.7. The second-order valence-corrected chi connectivity index (χ2v) is 10.1. The molecule has 1 saturated carbocycles. The first kappa shape index (κ1) is 25.9. The van der Waals surface area contributed by atoms with Gasteiger partial charge in [-0.05, 0) is 62.4 Å². The van der Waals surface area contributed by atoms with Gasteiger partial charge in [-0.25, -0.2) is 9.59 Å². The molecule has 186 valence electrons. The summed E-state index contributed by atoms with van der Waals surface area (Å²) in [5.74, 6) is -1.05. The van der Waals surface area contributed by atoms with E-state index in [1.807, 2.05) is 0 Å². The van der Waals surface area contributed by atoms with E-state index in [0.717, 1.165) is 8.95 Å². The first-order valence-corrected chi connectivity index (χ1v) is 12.3. The summed E-state index contributed by atoms with van der Waals surface area (Å²) < 4.78 is 29.7. The fraction of sp³-hybridized carbons (Fsp3) is 0.375. The molecule has 35 heavy (non-hydrogen) atoms. The van der Waals surface area contributed by atoms with Crippen LogP contribution in [0.5, 0.6) is 0 Å². The summed E-state index contributed by atoms with van der Waals surface area (Å²) in [4.78, 5) is 34.8. The number of halogens is 2. The monoisotopic (exact) mass is 612 g/mol. The molecule has 4 aliphatic rings. The number of aliphatic hydroxyl groups is 1. The second kappa shape index (κ2) is 10.9. The Morgan fingerprint density at radius 1 is 0.714 bits per heavy atom. The van der Waals surface area contributed by atoms with Crippen molar-refractivity contribution in [1.29, 1.82) is 0 Å². The fourth-order valence-electron chi connectivity index (χ4n) is 3.91. The number of ether oxygens (including phenoxy) is 5. The van der Waals surface area contributed by atoms with Gasteiger partial charge < -0.3 is 33.6 Å². The van der Waals surface area contributed by atoms with Crippen LogP contribution in [-0.2, 0) is 28.5 Å². The van der Waals surface area contributed by atoms with Crippen LogP contribution in [0.15, 0.2) is 57.5 Å². The minimum atomic E-state index is -1.16. The van der Waals surface area contributed by atoms with Crippen molar-refractivity contribution < 1.29 is 43.2 Å². The van der Waals surface area contributed by atoms with E-state index in [2.05, 4.69) is 31.9 Å². The van der Waals surface area contributed by atoms with Crippen molar-refractivity contribution in [3.05, 3.63) is 68.6 Å². The molecule has 0 radical (unpaired) electrons. The molecule has 0 spiro atoms. The van der Waals surface area contributed by atoms with E-state index < -0.39 is 55.0 Å². The smallest absolute Gasteiger partial charge is 0.338 e. The molecule has 6 rings (SSSR count). The molecule has 0 amide bonds. The lowest BCUT2D eigenvalue weighted by atomic mass is 9.82. The highest BCUT2D eigenvalue weighted by Crippen LogP contribution is 2.42. The Labute approximate surface area is 217 Å². The average molecular weight is 614 g/mol. The van der Waals surface area contributed by atoms with Crippen molar-refractivity contribution in [2.24, 2.45) is 0 Å². The van der Waals surface area contributed by atoms with Crippen LogP contribution in [0.2, 0.25) is 0 Å². The minimum absolute atomic E-state index is 0.167. The standard InChI is InChI=1S/C21H16Br2O8.C3H6O/c22-11-5-1-9(2-6-11)19(25)27-16-14-13(24)15-17(18(16)31-21(29-14)30-15)28-20(26)10-3-7-12(23)8-4-10;1-3(2)4/h1-8,13-18,21,24H;1-2H3/t13?,14-,15+,16-,17-,18?,21?;/m1./s1. The van der Waals surface area contributed by atoms with E-state index in [9.17, 15) is 19.5 Å². The number of carbonyl (C=O) groups excluding carboxylic acids is 3. The van der Waals surface area contributed by atoms with E-state index in [4.69, 9.17) is 23.7 Å². The number of aliphatic hydroxyl groups excluding tert-OH is 1. The third kappa shape index (κ3) is 5.82. The molecule has 0 aromatic heterocycles. The molecule has 9 nitrogen and oxygen atoms in total. The highest BCUT2D eigenvalue weighted by molar-refractivity contribution is 9.10. The Kier molecular flexibility index (Phi) is 8.04. The molecular weight excluding hydrogens is 592 g/mol. The van der Waals surface area contributed by atoms with E-state index in [-0.39, 0.29) is 5.78 Å². The van der Waals surface area contributed by atoms with Gasteiger partial charge in [0, 0.05) is 8.95 Å². The topological polar surface area (TPSA) is 118 Å². The molecule has 3 aliphatic heterocycles. The van der Waals surface area contributed by atoms with Gasteiger partial charge in [-0.1, -0.05) is 31.9 Å². The lowest BCUT2D eigenvalue weighted by molar-refractivity contribution is -0.479. The third-order valence-electron chi connectivity index (χ3n) is 5.42. The molecule has 2 aromatic rings. The van der Waals surface area contributed by atoms with Crippen molar-refractivity contribution in [3.63, 3.8) is 0 Å². The Balaban J connectivity index is 0.000000672. The molecule has 1 N–H and O–H groups in total.